The van der Waals surface area contributed by atoms with Gasteiger partial charge in [-0.25, -0.2) is 5.43 Å². The van der Waals surface area contributed by atoms with Crippen LogP contribution >= 0.6 is 11.3 Å². The van der Waals surface area contributed by atoms with Crippen molar-refractivity contribution in [1.82, 2.24) is 5.43 Å². The van der Waals surface area contributed by atoms with Crippen molar-refractivity contribution in [2.45, 2.75) is 13.0 Å². The Morgan fingerprint density at radius 2 is 1.96 bits per heavy atom. The van der Waals surface area contributed by atoms with Crippen LogP contribution in [0.4, 0.5) is 5.69 Å². The first-order valence-corrected chi connectivity index (χ1v) is 8.23. The van der Waals surface area contributed by atoms with Gasteiger partial charge in [-0.05, 0) is 29.8 Å². The number of thiophene rings is 1. The number of rotatable bonds is 5. The summed E-state index contributed by atoms with van der Waals surface area (Å²) in [6.07, 6.45) is 1.65. The molecule has 0 bridgehead atoms. The highest BCUT2D eigenvalue weighted by molar-refractivity contribution is 7.11. The van der Waals surface area contributed by atoms with Gasteiger partial charge in [0.1, 0.15) is 6.04 Å². The van der Waals surface area contributed by atoms with E-state index in [9.17, 15) is 4.79 Å². The Kier molecular flexibility index (Phi) is 4.68. The average Bonchev–Trinajstić information content (AvgIpc) is 3.08. The molecular weight excluding hydrogens is 306 g/mol. The number of benzene rings is 2. The highest BCUT2D eigenvalue weighted by Gasteiger charge is 2.12. The van der Waals surface area contributed by atoms with Gasteiger partial charge in [-0.15, -0.1) is 11.3 Å². The number of carbonyl (C=O) groups is 1. The van der Waals surface area contributed by atoms with Crippen molar-refractivity contribution < 1.29 is 4.79 Å². The van der Waals surface area contributed by atoms with Crippen molar-refractivity contribution in [2.75, 3.05) is 5.32 Å². The Morgan fingerprint density at radius 1 is 1.13 bits per heavy atom. The fourth-order valence-electron chi connectivity index (χ4n) is 2.27. The number of nitrogens with zero attached hydrogens (tertiary/aromatic N) is 1. The number of carbonyl (C=O) groups excluding carboxylic acids is 1. The van der Waals surface area contributed by atoms with Gasteiger partial charge < -0.3 is 5.32 Å². The summed E-state index contributed by atoms with van der Waals surface area (Å²) in [6.45, 7) is 1.82. The Bertz CT molecular complexity index is 822. The lowest BCUT2D eigenvalue weighted by molar-refractivity contribution is -0.121. The van der Waals surface area contributed by atoms with Gasteiger partial charge in [0.05, 0.1) is 6.21 Å². The van der Waals surface area contributed by atoms with Crippen LogP contribution in [0.3, 0.4) is 0 Å². The number of hydrogen-bond acceptors (Lipinski definition) is 4. The summed E-state index contributed by atoms with van der Waals surface area (Å²) in [6, 6.07) is 17.6. The lowest BCUT2D eigenvalue weighted by Gasteiger charge is -2.15. The van der Waals surface area contributed by atoms with E-state index in [2.05, 4.69) is 28.0 Å². The van der Waals surface area contributed by atoms with E-state index < -0.39 is 0 Å². The third-order valence-corrected chi connectivity index (χ3v) is 4.27. The first-order chi connectivity index (χ1) is 11.2. The lowest BCUT2D eigenvalue weighted by atomic mass is 10.1. The summed E-state index contributed by atoms with van der Waals surface area (Å²) in [5, 5.41) is 11.4. The van der Waals surface area contributed by atoms with Crippen LogP contribution in [0.1, 0.15) is 11.8 Å². The molecule has 0 fully saturated rings. The number of hydrogen-bond donors (Lipinski definition) is 2. The molecule has 1 heterocycles. The van der Waals surface area contributed by atoms with Gasteiger partial charge >= 0.3 is 0 Å². The molecule has 0 saturated heterocycles. The second-order valence-corrected chi connectivity index (χ2v) is 6.12. The maximum absolute atomic E-state index is 12.1. The van der Waals surface area contributed by atoms with E-state index >= 15 is 0 Å². The smallest absolute Gasteiger partial charge is 0.262 e. The number of fused-ring (bicyclic) bond motifs is 1. The molecule has 0 unspecified atom stereocenters. The van der Waals surface area contributed by atoms with Gasteiger partial charge in [-0.3, -0.25) is 4.79 Å². The van der Waals surface area contributed by atoms with E-state index in [0.29, 0.717) is 0 Å². The zero-order valence-electron chi connectivity index (χ0n) is 12.7. The monoisotopic (exact) mass is 323 g/mol. The molecule has 3 rings (SSSR count). The molecule has 0 aliphatic carbocycles. The van der Waals surface area contributed by atoms with Gasteiger partial charge in [-0.1, -0.05) is 42.5 Å². The standard InChI is InChI=1S/C18H17N3OS/c1-13(18(22)21-19-12-15-8-5-11-23-15)20-17-10-4-7-14-6-2-3-9-16(14)17/h2-13,20H,1H3,(H,21,22)/b19-12-/t13-/m1/s1. The van der Waals surface area contributed by atoms with Crippen molar-refractivity contribution in [3.8, 4) is 0 Å². The van der Waals surface area contributed by atoms with Crippen LogP contribution in [0, 0.1) is 0 Å². The van der Waals surface area contributed by atoms with E-state index in [4.69, 9.17) is 0 Å². The van der Waals surface area contributed by atoms with Crippen molar-refractivity contribution in [3.63, 3.8) is 0 Å². The second kappa shape index (κ2) is 7.07. The van der Waals surface area contributed by atoms with Gasteiger partial charge in [0.2, 0.25) is 0 Å². The van der Waals surface area contributed by atoms with Gasteiger partial charge in [-0.2, -0.15) is 5.10 Å². The van der Waals surface area contributed by atoms with Gasteiger partial charge in [0, 0.05) is 16.0 Å². The first-order valence-electron chi connectivity index (χ1n) is 7.35. The number of hydrazone groups is 1. The summed E-state index contributed by atoms with van der Waals surface area (Å²) >= 11 is 1.57. The highest BCUT2D eigenvalue weighted by Crippen LogP contribution is 2.23. The van der Waals surface area contributed by atoms with Crippen LogP contribution in [0.15, 0.2) is 65.1 Å². The third kappa shape index (κ3) is 3.76. The van der Waals surface area contributed by atoms with Crippen LogP contribution in [0.2, 0.25) is 0 Å². The summed E-state index contributed by atoms with van der Waals surface area (Å²) in [7, 11) is 0. The zero-order valence-corrected chi connectivity index (χ0v) is 13.5. The highest BCUT2D eigenvalue weighted by atomic mass is 32.1. The van der Waals surface area contributed by atoms with E-state index in [1.54, 1.807) is 17.6 Å². The predicted octanol–water partition coefficient (Wildman–Crippen LogP) is 3.85. The quantitative estimate of drug-likeness (QED) is 0.553. The average molecular weight is 323 g/mol. The maximum Gasteiger partial charge on any atom is 0.262 e. The SMILES string of the molecule is C[C@@H](Nc1cccc2ccccc12)C(=O)N/N=C\c1cccs1. The fourth-order valence-corrected chi connectivity index (χ4v) is 2.86. The molecule has 1 amide bonds. The Hall–Kier alpha value is -2.66. The summed E-state index contributed by atoms with van der Waals surface area (Å²) in [5.41, 5.74) is 3.50. The molecule has 5 heteroatoms. The van der Waals surface area contributed by atoms with Crippen molar-refractivity contribution in [3.05, 3.63) is 64.9 Å². The van der Waals surface area contributed by atoms with Crippen LogP contribution in [0.5, 0.6) is 0 Å². The number of amides is 1. The molecule has 4 nitrogen and oxygen atoms in total. The summed E-state index contributed by atoms with van der Waals surface area (Å²) in [5.74, 6) is -0.175. The molecule has 1 atom stereocenters. The van der Waals surface area contributed by atoms with Crippen molar-refractivity contribution >= 4 is 39.9 Å². The molecule has 0 aliphatic heterocycles. The minimum absolute atomic E-state index is 0.175. The largest absolute Gasteiger partial charge is 0.373 e. The lowest BCUT2D eigenvalue weighted by Crippen LogP contribution is -2.34. The second-order valence-electron chi connectivity index (χ2n) is 5.14. The first kappa shape index (κ1) is 15.2. The molecule has 0 saturated carbocycles. The normalized spacial score (nSPS) is 12.4. The minimum atomic E-state index is -0.388. The van der Waals surface area contributed by atoms with E-state index in [1.165, 1.54) is 0 Å². The molecule has 0 aliphatic rings. The molecule has 2 aromatic carbocycles. The zero-order chi connectivity index (χ0) is 16.1. The van der Waals surface area contributed by atoms with E-state index in [1.807, 2.05) is 54.8 Å². The van der Waals surface area contributed by atoms with Crippen molar-refractivity contribution in [2.24, 2.45) is 5.10 Å². The Balaban J connectivity index is 1.65. The number of nitrogens with one attached hydrogen (secondary N) is 2. The molecule has 1 aromatic heterocycles. The van der Waals surface area contributed by atoms with Crippen LogP contribution in [0.25, 0.3) is 10.8 Å². The Morgan fingerprint density at radius 3 is 2.78 bits per heavy atom. The predicted molar refractivity (Wildman–Crippen MR) is 97.1 cm³/mol. The van der Waals surface area contributed by atoms with Gasteiger partial charge in [0.25, 0.3) is 5.91 Å². The molecular formula is C18H17N3OS. The third-order valence-electron chi connectivity index (χ3n) is 3.46. The van der Waals surface area contributed by atoms with Crippen molar-refractivity contribution in [1.29, 1.82) is 0 Å². The van der Waals surface area contributed by atoms with E-state index in [-0.39, 0.29) is 11.9 Å². The molecule has 116 valence electrons. The molecule has 0 spiro atoms. The van der Waals surface area contributed by atoms with Crippen LogP contribution in [-0.4, -0.2) is 18.2 Å². The minimum Gasteiger partial charge on any atom is -0.373 e. The topological polar surface area (TPSA) is 53.5 Å². The Labute approximate surface area is 138 Å². The van der Waals surface area contributed by atoms with Crippen LogP contribution in [-0.2, 0) is 4.79 Å². The summed E-state index contributed by atoms with van der Waals surface area (Å²) < 4.78 is 0. The maximum atomic E-state index is 12.1. The molecule has 0 radical (unpaired) electrons. The van der Waals surface area contributed by atoms with E-state index in [0.717, 1.165) is 21.3 Å². The molecule has 3 aromatic rings. The summed E-state index contributed by atoms with van der Waals surface area (Å²) in [4.78, 5) is 13.1. The molecule has 23 heavy (non-hydrogen) atoms. The molecule has 2 N–H and O–H groups in total. The fraction of sp³-hybridized carbons (Fsp3) is 0.111. The van der Waals surface area contributed by atoms with Crippen LogP contribution < -0.4 is 10.7 Å². The number of anilines is 1. The van der Waals surface area contributed by atoms with Gasteiger partial charge in [0.15, 0.2) is 0 Å².